The number of aromatic nitrogens is 1. The second-order valence-electron chi connectivity index (χ2n) is 2.61. The van der Waals surface area contributed by atoms with E-state index in [4.69, 9.17) is 16.3 Å². The van der Waals surface area contributed by atoms with Gasteiger partial charge in [-0.05, 0) is 50.1 Å². The third-order valence-corrected chi connectivity index (χ3v) is 3.83. The van der Waals surface area contributed by atoms with Crippen LogP contribution < -0.4 is 4.74 Å². The number of nitrogens with zero attached hydrogens (tertiary/aromatic N) is 1. The van der Waals surface area contributed by atoms with E-state index in [1.807, 2.05) is 5.38 Å². The van der Waals surface area contributed by atoms with Crippen molar-refractivity contribution in [1.29, 1.82) is 0 Å². The largest absolute Gasteiger partial charge is 0.430 e. The molecule has 2 nitrogen and oxygen atoms in total. The van der Waals surface area contributed by atoms with Crippen LogP contribution in [0.15, 0.2) is 32.7 Å². The summed E-state index contributed by atoms with van der Waals surface area (Å²) in [6.45, 7) is 0. The van der Waals surface area contributed by atoms with Crippen molar-refractivity contribution in [1.82, 2.24) is 4.98 Å². The summed E-state index contributed by atoms with van der Waals surface area (Å²) >= 11 is 13.9. The standard InChI is InChI=1S/C9H4Br2ClNOS/c10-6-3-5(12)1-2-7(6)14-9-13-8(11)4-15-9/h1-4H. The molecule has 15 heavy (non-hydrogen) atoms. The Morgan fingerprint density at radius 3 is 2.73 bits per heavy atom. The van der Waals surface area contributed by atoms with Crippen LogP contribution in [0.25, 0.3) is 0 Å². The average molecular weight is 369 g/mol. The second kappa shape index (κ2) is 4.82. The van der Waals surface area contributed by atoms with Crippen molar-refractivity contribution in [2.24, 2.45) is 0 Å². The first kappa shape index (κ1) is 11.4. The number of rotatable bonds is 2. The van der Waals surface area contributed by atoms with Crippen molar-refractivity contribution in [3.05, 3.63) is 37.7 Å². The minimum absolute atomic E-state index is 0.588. The first-order valence-corrected chi connectivity index (χ1v) is 6.73. The summed E-state index contributed by atoms with van der Waals surface area (Å²) in [7, 11) is 0. The summed E-state index contributed by atoms with van der Waals surface area (Å²) in [5, 5.41) is 3.11. The summed E-state index contributed by atoms with van der Waals surface area (Å²) in [4.78, 5) is 4.13. The predicted molar refractivity (Wildman–Crippen MR) is 69.0 cm³/mol. The summed E-state index contributed by atoms with van der Waals surface area (Å²) in [6, 6.07) is 5.34. The molecule has 0 radical (unpaired) electrons. The van der Waals surface area contributed by atoms with E-state index in [0.29, 0.717) is 16.0 Å². The molecule has 1 aromatic carbocycles. The van der Waals surface area contributed by atoms with Gasteiger partial charge in [-0.1, -0.05) is 22.9 Å². The lowest BCUT2D eigenvalue weighted by molar-refractivity contribution is 0.475. The Morgan fingerprint density at radius 1 is 1.33 bits per heavy atom. The van der Waals surface area contributed by atoms with Crippen LogP contribution >= 0.6 is 54.8 Å². The minimum atomic E-state index is 0.588. The quantitative estimate of drug-likeness (QED) is 0.733. The van der Waals surface area contributed by atoms with Crippen molar-refractivity contribution >= 4 is 54.8 Å². The van der Waals surface area contributed by atoms with E-state index >= 15 is 0 Å². The van der Waals surface area contributed by atoms with E-state index in [-0.39, 0.29) is 0 Å². The van der Waals surface area contributed by atoms with Crippen molar-refractivity contribution in [2.75, 3.05) is 0 Å². The molecular weight excluding hydrogens is 365 g/mol. The van der Waals surface area contributed by atoms with Gasteiger partial charge in [0.2, 0.25) is 0 Å². The monoisotopic (exact) mass is 367 g/mol. The Kier molecular flexibility index (Phi) is 3.66. The van der Waals surface area contributed by atoms with Crippen LogP contribution in [-0.2, 0) is 0 Å². The molecule has 0 aliphatic carbocycles. The zero-order valence-corrected chi connectivity index (χ0v) is 12.0. The Labute approximate surface area is 113 Å². The van der Waals surface area contributed by atoms with Crippen LogP contribution in [0.3, 0.4) is 0 Å². The van der Waals surface area contributed by atoms with E-state index < -0.39 is 0 Å². The minimum Gasteiger partial charge on any atom is -0.430 e. The highest BCUT2D eigenvalue weighted by Crippen LogP contribution is 2.33. The summed E-state index contributed by atoms with van der Waals surface area (Å²) < 4.78 is 7.13. The van der Waals surface area contributed by atoms with E-state index in [1.54, 1.807) is 18.2 Å². The lowest BCUT2D eigenvalue weighted by Gasteiger charge is -2.03. The maximum Gasteiger partial charge on any atom is 0.279 e. The maximum atomic E-state index is 5.82. The molecule has 6 heteroatoms. The van der Waals surface area contributed by atoms with Gasteiger partial charge in [-0.2, -0.15) is 4.98 Å². The Hall–Kier alpha value is -0.100. The van der Waals surface area contributed by atoms with Gasteiger partial charge in [-0.25, -0.2) is 0 Å². The highest BCUT2D eigenvalue weighted by Gasteiger charge is 2.06. The number of hydrogen-bond acceptors (Lipinski definition) is 3. The third kappa shape index (κ3) is 2.93. The summed E-state index contributed by atoms with van der Waals surface area (Å²) in [5.74, 6) is 0.696. The number of hydrogen-bond donors (Lipinski definition) is 0. The van der Waals surface area contributed by atoms with Crippen LogP contribution in [0.2, 0.25) is 5.02 Å². The molecule has 0 amide bonds. The molecule has 0 fully saturated rings. The third-order valence-electron chi connectivity index (χ3n) is 1.55. The van der Waals surface area contributed by atoms with Crippen LogP contribution in [0, 0.1) is 0 Å². The average Bonchev–Trinajstić information content (AvgIpc) is 2.56. The van der Waals surface area contributed by atoms with Crippen LogP contribution in [0.1, 0.15) is 0 Å². The van der Waals surface area contributed by atoms with Crippen LogP contribution in [0.4, 0.5) is 0 Å². The fourth-order valence-electron chi connectivity index (χ4n) is 0.938. The molecule has 0 aliphatic rings. The molecule has 0 atom stereocenters. The molecule has 0 saturated carbocycles. The zero-order chi connectivity index (χ0) is 10.8. The Bertz CT molecular complexity index is 489. The van der Waals surface area contributed by atoms with Crippen molar-refractivity contribution in [2.45, 2.75) is 0 Å². The number of benzene rings is 1. The van der Waals surface area contributed by atoms with Gasteiger partial charge < -0.3 is 4.74 Å². The van der Waals surface area contributed by atoms with E-state index in [9.17, 15) is 0 Å². The fourth-order valence-corrected chi connectivity index (χ4v) is 2.80. The molecule has 0 aliphatic heterocycles. The SMILES string of the molecule is Clc1ccc(Oc2nc(Br)cs2)c(Br)c1. The first-order valence-electron chi connectivity index (χ1n) is 3.89. The summed E-state index contributed by atoms with van der Waals surface area (Å²) in [6.07, 6.45) is 0. The van der Waals surface area contributed by atoms with E-state index in [2.05, 4.69) is 36.8 Å². The summed E-state index contributed by atoms with van der Waals surface area (Å²) in [5.41, 5.74) is 0. The smallest absolute Gasteiger partial charge is 0.279 e. The zero-order valence-electron chi connectivity index (χ0n) is 7.21. The van der Waals surface area contributed by atoms with Gasteiger partial charge in [0, 0.05) is 10.4 Å². The van der Waals surface area contributed by atoms with Gasteiger partial charge in [0.05, 0.1) is 4.47 Å². The number of halogens is 3. The topological polar surface area (TPSA) is 22.1 Å². The Morgan fingerprint density at radius 2 is 2.13 bits per heavy atom. The number of thiazole rings is 1. The molecule has 1 aromatic heterocycles. The lowest BCUT2D eigenvalue weighted by Crippen LogP contribution is -1.84. The van der Waals surface area contributed by atoms with Gasteiger partial charge in [0.25, 0.3) is 5.19 Å². The molecular formula is C9H4Br2ClNOS. The molecule has 0 saturated heterocycles. The molecule has 1 heterocycles. The van der Waals surface area contributed by atoms with Crippen LogP contribution in [0.5, 0.6) is 10.9 Å². The lowest BCUT2D eigenvalue weighted by atomic mass is 10.3. The fraction of sp³-hybridized carbons (Fsp3) is 0. The predicted octanol–water partition coefficient (Wildman–Crippen LogP) is 5.11. The van der Waals surface area contributed by atoms with Crippen molar-refractivity contribution < 1.29 is 4.74 Å². The first-order chi connectivity index (χ1) is 7.15. The van der Waals surface area contributed by atoms with Crippen LogP contribution in [-0.4, -0.2) is 4.98 Å². The van der Waals surface area contributed by atoms with Gasteiger partial charge >= 0.3 is 0 Å². The molecule has 78 valence electrons. The van der Waals surface area contributed by atoms with Crippen molar-refractivity contribution in [3.63, 3.8) is 0 Å². The van der Waals surface area contributed by atoms with Gasteiger partial charge in [-0.15, -0.1) is 0 Å². The molecule has 0 unspecified atom stereocenters. The highest BCUT2D eigenvalue weighted by atomic mass is 79.9. The van der Waals surface area contributed by atoms with Gasteiger partial charge in [-0.3, -0.25) is 0 Å². The second-order valence-corrected chi connectivity index (χ2v) is 5.54. The normalized spacial score (nSPS) is 10.3. The highest BCUT2D eigenvalue weighted by molar-refractivity contribution is 9.10. The molecule has 2 rings (SSSR count). The van der Waals surface area contributed by atoms with Gasteiger partial charge in [0.1, 0.15) is 10.4 Å². The van der Waals surface area contributed by atoms with E-state index in [0.717, 1.165) is 9.08 Å². The maximum absolute atomic E-state index is 5.82. The molecule has 0 bridgehead atoms. The van der Waals surface area contributed by atoms with Gasteiger partial charge in [0.15, 0.2) is 0 Å². The molecule has 2 aromatic rings. The number of ether oxygens (including phenoxy) is 1. The van der Waals surface area contributed by atoms with Crippen molar-refractivity contribution in [3.8, 4) is 10.9 Å². The molecule has 0 spiro atoms. The molecule has 0 N–H and O–H groups in total. The van der Waals surface area contributed by atoms with E-state index in [1.165, 1.54) is 11.3 Å². The Balaban J connectivity index is 2.24.